The van der Waals surface area contributed by atoms with Crippen LogP contribution in [0.1, 0.15) is 58.4 Å². The molecule has 1 aromatic rings. The fourth-order valence-corrected chi connectivity index (χ4v) is 2.65. The van der Waals surface area contributed by atoms with Gasteiger partial charge in [0.1, 0.15) is 11.7 Å². The molecule has 2 N–H and O–H groups in total. The lowest BCUT2D eigenvalue weighted by atomic mass is 10.0. The van der Waals surface area contributed by atoms with E-state index in [-0.39, 0.29) is 12.7 Å². The number of amides is 1. The Morgan fingerprint density at radius 2 is 2.08 bits per heavy atom. The van der Waals surface area contributed by atoms with Crippen molar-refractivity contribution in [1.82, 2.24) is 9.88 Å². The first-order valence-electron chi connectivity index (χ1n) is 8.83. The van der Waals surface area contributed by atoms with Crippen LogP contribution in [0.5, 0.6) is 0 Å². The van der Waals surface area contributed by atoms with Crippen molar-refractivity contribution in [2.45, 2.75) is 52.7 Å². The molecule has 0 aliphatic carbocycles. The third-order valence-corrected chi connectivity index (χ3v) is 3.87. The fourth-order valence-electron chi connectivity index (χ4n) is 2.35. The first-order chi connectivity index (χ1) is 12.2. The molecule has 0 unspecified atom stereocenters. The van der Waals surface area contributed by atoms with Gasteiger partial charge in [0.25, 0.3) is 0 Å². The number of carbonyl (C=O) groups excluding carboxylic acids is 1. The fraction of sp³-hybridized carbons (Fsp3) is 0.579. The molecule has 7 heteroatoms. The number of nitrogens with zero attached hydrogens (tertiary/aromatic N) is 2. The second kappa shape index (κ2) is 9.90. The summed E-state index contributed by atoms with van der Waals surface area (Å²) >= 11 is 6.25. The molecular formula is C19H29ClN2O4. The van der Waals surface area contributed by atoms with Gasteiger partial charge < -0.3 is 19.8 Å². The molecule has 0 bridgehead atoms. The highest BCUT2D eigenvalue weighted by Gasteiger charge is 2.24. The molecule has 1 aliphatic heterocycles. The third kappa shape index (κ3) is 6.27. The molecule has 1 aliphatic rings. The highest BCUT2D eigenvalue weighted by molar-refractivity contribution is 6.32. The summed E-state index contributed by atoms with van der Waals surface area (Å²) in [6.07, 6.45) is 2.70. The third-order valence-electron chi connectivity index (χ3n) is 3.59. The molecule has 0 saturated heterocycles. The Bertz CT molecular complexity index is 641. The van der Waals surface area contributed by atoms with E-state index in [4.69, 9.17) is 21.4 Å². The molecule has 0 saturated carbocycles. The Balaban J connectivity index is 0.00000163. The number of carbonyl (C=O) groups is 1. The van der Waals surface area contributed by atoms with Crippen molar-refractivity contribution in [2.75, 3.05) is 19.7 Å². The van der Waals surface area contributed by atoms with Crippen LogP contribution in [0.15, 0.2) is 18.3 Å². The van der Waals surface area contributed by atoms with Crippen molar-refractivity contribution in [2.24, 2.45) is 0 Å². The number of ether oxygens (including phenoxy) is 1. The van der Waals surface area contributed by atoms with Crippen LogP contribution in [0.3, 0.4) is 0 Å². The second-order valence-electron chi connectivity index (χ2n) is 6.70. The normalized spacial score (nSPS) is 15.5. The van der Waals surface area contributed by atoms with E-state index < -0.39 is 11.7 Å². The lowest BCUT2D eigenvalue weighted by Gasteiger charge is -2.29. The highest BCUT2D eigenvalue weighted by Crippen LogP contribution is 2.29. The molecule has 26 heavy (non-hydrogen) atoms. The monoisotopic (exact) mass is 384 g/mol. The van der Waals surface area contributed by atoms with Crippen LogP contribution < -0.4 is 0 Å². The van der Waals surface area contributed by atoms with E-state index in [0.29, 0.717) is 35.8 Å². The van der Waals surface area contributed by atoms with Gasteiger partial charge in [-0.15, -0.1) is 0 Å². The van der Waals surface area contributed by atoms with E-state index in [1.54, 1.807) is 11.0 Å². The number of pyridine rings is 1. The lowest BCUT2D eigenvalue weighted by Crippen LogP contribution is -2.39. The van der Waals surface area contributed by atoms with Crippen molar-refractivity contribution in [3.63, 3.8) is 0 Å². The van der Waals surface area contributed by atoms with E-state index >= 15 is 0 Å². The summed E-state index contributed by atoms with van der Waals surface area (Å²) in [7, 11) is 0. The SMILES string of the molecule is CC.CC(C)(C)OC(=O)N1CC=C(c2ncc([C@H](O)CO)cc2Cl)CC1. The molecule has 1 aromatic heterocycles. The number of halogens is 1. The predicted molar refractivity (Wildman–Crippen MR) is 103 cm³/mol. The average Bonchev–Trinajstić information content (AvgIpc) is 2.61. The van der Waals surface area contributed by atoms with Crippen molar-refractivity contribution >= 4 is 23.3 Å². The van der Waals surface area contributed by atoms with E-state index in [1.807, 2.05) is 40.7 Å². The first kappa shape index (κ1) is 22.4. The van der Waals surface area contributed by atoms with Gasteiger partial charge in [-0.2, -0.15) is 0 Å². The maximum atomic E-state index is 12.1. The summed E-state index contributed by atoms with van der Waals surface area (Å²) in [5.41, 5.74) is 1.53. The highest BCUT2D eigenvalue weighted by atomic mass is 35.5. The summed E-state index contributed by atoms with van der Waals surface area (Å²) < 4.78 is 5.36. The molecule has 1 amide bonds. The molecule has 0 radical (unpaired) electrons. The Labute approximate surface area is 160 Å². The summed E-state index contributed by atoms with van der Waals surface area (Å²) in [4.78, 5) is 18.0. The van der Waals surface area contributed by atoms with Crippen LogP contribution >= 0.6 is 11.6 Å². The number of rotatable bonds is 3. The molecule has 1 atom stereocenters. The van der Waals surface area contributed by atoms with E-state index in [0.717, 1.165) is 5.57 Å². The van der Waals surface area contributed by atoms with Crippen LogP contribution in [-0.2, 0) is 4.74 Å². The summed E-state index contributed by atoms with van der Waals surface area (Å²) in [5.74, 6) is 0. The maximum Gasteiger partial charge on any atom is 0.410 e. The molecule has 0 fully saturated rings. The maximum absolute atomic E-state index is 12.1. The van der Waals surface area contributed by atoms with Gasteiger partial charge in [-0.05, 0) is 38.8 Å². The van der Waals surface area contributed by atoms with E-state index in [9.17, 15) is 9.90 Å². The van der Waals surface area contributed by atoms with Crippen molar-refractivity contribution in [3.8, 4) is 0 Å². The zero-order valence-corrected chi connectivity index (χ0v) is 16.9. The number of aliphatic hydroxyl groups is 2. The standard InChI is InChI=1S/C17H23ClN2O4.C2H6/c1-17(2,3)24-16(23)20-6-4-11(5-7-20)15-13(18)8-12(9-19-15)14(22)10-21;1-2/h4,8-9,14,21-22H,5-7,10H2,1-3H3;1-2H3/t14-;/m1./s1. The summed E-state index contributed by atoms with van der Waals surface area (Å²) in [6, 6.07) is 1.60. The smallest absolute Gasteiger partial charge is 0.410 e. The quantitative estimate of drug-likeness (QED) is 0.827. The van der Waals surface area contributed by atoms with Crippen LogP contribution in [0.4, 0.5) is 4.79 Å². The van der Waals surface area contributed by atoms with Gasteiger partial charge in [0, 0.05) is 24.8 Å². The molecule has 0 aromatic carbocycles. The number of hydrogen-bond donors (Lipinski definition) is 2. The zero-order valence-electron chi connectivity index (χ0n) is 16.1. The van der Waals surface area contributed by atoms with Crippen LogP contribution in [0.25, 0.3) is 5.57 Å². The minimum atomic E-state index is -0.993. The van der Waals surface area contributed by atoms with Gasteiger partial charge in [-0.1, -0.05) is 31.5 Å². The topological polar surface area (TPSA) is 82.9 Å². The minimum Gasteiger partial charge on any atom is -0.444 e. The van der Waals surface area contributed by atoms with Gasteiger partial charge in [0.05, 0.1) is 17.3 Å². The van der Waals surface area contributed by atoms with Crippen molar-refractivity contribution in [3.05, 3.63) is 34.6 Å². The van der Waals surface area contributed by atoms with Crippen LogP contribution in [0.2, 0.25) is 5.02 Å². The van der Waals surface area contributed by atoms with Crippen LogP contribution in [-0.4, -0.2) is 51.5 Å². The van der Waals surface area contributed by atoms with Crippen molar-refractivity contribution in [1.29, 1.82) is 0 Å². The molecule has 0 spiro atoms. The first-order valence-corrected chi connectivity index (χ1v) is 9.21. The molecule has 146 valence electrons. The van der Waals surface area contributed by atoms with Crippen molar-refractivity contribution < 1.29 is 19.7 Å². The van der Waals surface area contributed by atoms with Gasteiger partial charge in [0.2, 0.25) is 0 Å². The molecule has 2 heterocycles. The minimum absolute atomic E-state index is 0.335. The number of aliphatic hydroxyl groups excluding tert-OH is 2. The summed E-state index contributed by atoms with van der Waals surface area (Å²) in [6.45, 7) is 10.1. The Morgan fingerprint density at radius 3 is 2.54 bits per heavy atom. The van der Waals surface area contributed by atoms with Gasteiger partial charge in [-0.25, -0.2) is 4.79 Å². The molecular weight excluding hydrogens is 356 g/mol. The number of hydrogen-bond acceptors (Lipinski definition) is 5. The predicted octanol–water partition coefficient (Wildman–Crippen LogP) is 3.81. The summed E-state index contributed by atoms with van der Waals surface area (Å²) in [5, 5.41) is 19.0. The largest absolute Gasteiger partial charge is 0.444 e. The van der Waals surface area contributed by atoms with E-state index in [1.165, 1.54) is 6.20 Å². The molecule has 2 rings (SSSR count). The Hall–Kier alpha value is -1.63. The average molecular weight is 385 g/mol. The lowest BCUT2D eigenvalue weighted by molar-refractivity contribution is 0.0270. The molecule has 6 nitrogen and oxygen atoms in total. The number of aromatic nitrogens is 1. The van der Waals surface area contributed by atoms with Gasteiger partial charge in [-0.3, -0.25) is 4.98 Å². The Morgan fingerprint density at radius 1 is 1.42 bits per heavy atom. The van der Waals surface area contributed by atoms with Crippen LogP contribution in [0, 0.1) is 0 Å². The van der Waals surface area contributed by atoms with Gasteiger partial charge >= 0.3 is 6.09 Å². The van der Waals surface area contributed by atoms with Gasteiger partial charge in [0.15, 0.2) is 0 Å². The van der Waals surface area contributed by atoms with E-state index in [2.05, 4.69) is 4.98 Å². The Kier molecular flexibility index (Phi) is 8.53. The second-order valence-corrected chi connectivity index (χ2v) is 7.11. The zero-order chi connectivity index (χ0) is 19.9.